The Morgan fingerprint density at radius 3 is 3.08 bits per heavy atom. The molecule has 0 aliphatic carbocycles. The molecule has 2 unspecified atom stereocenters. The van der Waals surface area contributed by atoms with Gasteiger partial charge in [-0.3, -0.25) is 4.79 Å². The third-order valence-corrected chi connectivity index (χ3v) is 2.67. The second kappa shape index (κ2) is 4.45. The molecule has 1 amide bonds. The molecule has 0 bridgehead atoms. The fourth-order valence-electron chi connectivity index (χ4n) is 1.73. The maximum absolute atomic E-state index is 11.0. The van der Waals surface area contributed by atoms with Gasteiger partial charge in [0.2, 0.25) is 5.91 Å². The van der Waals surface area contributed by atoms with Crippen LogP contribution < -0.4 is 5.32 Å². The monoisotopic (exact) mass is 171 g/mol. The molecule has 1 aliphatic heterocycles. The lowest BCUT2D eigenvalue weighted by Gasteiger charge is -2.27. The standard InChI is InChI=1S/C9H17NO2/c1-7(3-5-11)8-2-4-10-9(12)6-8/h7-8,11H,2-6H2,1H3,(H,10,12). The number of rotatable bonds is 3. The Morgan fingerprint density at radius 1 is 1.75 bits per heavy atom. The minimum atomic E-state index is 0.163. The molecular formula is C9H17NO2. The molecule has 1 aliphatic rings. The summed E-state index contributed by atoms with van der Waals surface area (Å²) in [6, 6.07) is 0. The van der Waals surface area contributed by atoms with Crippen LogP contribution >= 0.6 is 0 Å². The minimum Gasteiger partial charge on any atom is -0.396 e. The van der Waals surface area contributed by atoms with Crippen molar-refractivity contribution in [2.75, 3.05) is 13.2 Å². The Hall–Kier alpha value is -0.570. The number of hydrogen-bond acceptors (Lipinski definition) is 2. The summed E-state index contributed by atoms with van der Waals surface area (Å²) >= 11 is 0. The van der Waals surface area contributed by atoms with E-state index in [1.807, 2.05) is 0 Å². The van der Waals surface area contributed by atoms with Crippen molar-refractivity contribution in [2.24, 2.45) is 11.8 Å². The van der Waals surface area contributed by atoms with E-state index < -0.39 is 0 Å². The van der Waals surface area contributed by atoms with Crippen LogP contribution in [0, 0.1) is 11.8 Å². The second-order valence-corrected chi connectivity index (χ2v) is 3.59. The van der Waals surface area contributed by atoms with Crippen molar-refractivity contribution in [2.45, 2.75) is 26.2 Å². The summed E-state index contributed by atoms with van der Waals surface area (Å²) in [5, 5.41) is 11.5. The Bertz CT molecular complexity index is 159. The molecule has 1 fully saturated rings. The lowest BCUT2D eigenvalue weighted by atomic mass is 9.84. The molecule has 70 valence electrons. The molecule has 0 aromatic carbocycles. The zero-order valence-corrected chi connectivity index (χ0v) is 7.55. The number of amides is 1. The molecule has 2 atom stereocenters. The predicted molar refractivity (Wildman–Crippen MR) is 46.6 cm³/mol. The zero-order chi connectivity index (χ0) is 8.97. The van der Waals surface area contributed by atoms with Gasteiger partial charge in [-0.05, 0) is 24.7 Å². The zero-order valence-electron chi connectivity index (χ0n) is 7.55. The van der Waals surface area contributed by atoms with Gasteiger partial charge in [0.15, 0.2) is 0 Å². The van der Waals surface area contributed by atoms with Gasteiger partial charge in [-0.15, -0.1) is 0 Å². The maximum Gasteiger partial charge on any atom is 0.220 e. The number of aliphatic hydroxyl groups excluding tert-OH is 1. The van der Waals surface area contributed by atoms with Crippen molar-refractivity contribution in [3.05, 3.63) is 0 Å². The van der Waals surface area contributed by atoms with Crippen molar-refractivity contribution in [1.82, 2.24) is 5.32 Å². The number of piperidine rings is 1. The van der Waals surface area contributed by atoms with Crippen LogP contribution in [0.25, 0.3) is 0 Å². The minimum absolute atomic E-state index is 0.163. The van der Waals surface area contributed by atoms with Crippen LogP contribution in [0.4, 0.5) is 0 Å². The highest BCUT2D eigenvalue weighted by Gasteiger charge is 2.23. The van der Waals surface area contributed by atoms with E-state index in [0.29, 0.717) is 18.3 Å². The fraction of sp³-hybridized carbons (Fsp3) is 0.889. The number of nitrogens with one attached hydrogen (secondary N) is 1. The third kappa shape index (κ3) is 2.48. The summed E-state index contributed by atoms with van der Waals surface area (Å²) in [7, 11) is 0. The van der Waals surface area contributed by atoms with E-state index in [2.05, 4.69) is 12.2 Å². The van der Waals surface area contributed by atoms with E-state index >= 15 is 0 Å². The highest BCUT2D eigenvalue weighted by Crippen LogP contribution is 2.24. The predicted octanol–water partition coefficient (Wildman–Crippen LogP) is 0.531. The first-order chi connectivity index (χ1) is 5.74. The molecule has 0 radical (unpaired) electrons. The van der Waals surface area contributed by atoms with Gasteiger partial charge in [0.1, 0.15) is 0 Å². The number of hydrogen-bond donors (Lipinski definition) is 2. The average molecular weight is 171 g/mol. The molecule has 2 N–H and O–H groups in total. The first-order valence-corrected chi connectivity index (χ1v) is 4.61. The fourth-order valence-corrected chi connectivity index (χ4v) is 1.73. The van der Waals surface area contributed by atoms with Crippen LogP contribution in [-0.4, -0.2) is 24.2 Å². The van der Waals surface area contributed by atoms with Gasteiger partial charge in [0, 0.05) is 19.6 Å². The van der Waals surface area contributed by atoms with E-state index in [1.54, 1.807) is 0 Å². The molecular weight excluding hydrogens is 154 g/mol. The smallest absolute Gasteiger partial charge is 0.220 e. The van der Waals surface area contributed by atoms with Gasteiger partial charge in [-0.25, -0.2) is 0 Å². The summed E-state index contributed by atoms with van der Waals surface area (Å²) < 4.78 is 0. The second-order valence-electron chi connectivity index (χ2n) is 3.59. The SMILES string of the molecule is CC(CCO)C1CCNC(=O)C1. The molecule has 0 aromatic heterocycles. The topological polar surface area (TPSA) is 49.3 Å². The van der Waals surface area contributed by atoms with Crippen molar-refractivity contribution >= 4 is 5.91 Å². The lowest BCUT2D eigenvalue weighted by Crippen LogP contribution is -2.36. The molecule has 12 heavy (non-hydrogen) atoms. The summed E-state index contributed by atoms with van der Waals surface area (Å²) in [5.41, 5.74) is 0. The summed E-state index contributed by atoms with van der Waals surface area (Å²) in [4.78, 5) is 11.0. The van der Waals surface area contributed by atoms with E-state index in [4.69, 9.17) is 5.11 Å². The maximum atomic E-state index is 11.0. The van der Waals surface area contributed by atoms with Crippen LogP contribution in [0.2, 0.25) is 0 Å². The van der Waals surface area contributed by atoms with Crippen molar-refractivity contribution in [1.29, 1.82) is 0 Å². The molecule has 1 rings (SSSR count). The number of carbonyl (C=O) groups is 1. The van der Waals surface area contributed by atoms with Crippen LogP contribution in [-0.2, 0) is 4.79 Å². The van der Waals surface area contributed by atoms with Crippen LogP contribution in [0.5, 0.6) is 0 Å². The number of carbonyl (C=O) groups excluding carboxylic acids is 1. The third-order valence-electron chi connectivity index (χ3n) is 2.67. The molecule has 0 aromatic rings. The summed E-state index contributed by atoms with van der Waals surface area (Å²) in [6.45, 7) is 3.15. The highest BCUT2D eigenvalue weighted by molar-refractivity contribution is 5.76. The van der Waals surface area contributed by atoms with Crippen molar-refractivity contribution in [3.8, 4) is 0 Å². The quantitative estimate of drug-likeness (QED) is 0.650. The van der Waals surface area contributed by atoms with Gasteiger partial charge in [-0.2, -0.15) is 0 Å². The van der Waals surface area contributed by atoms with Crippen LogP contribution in [0.1, 0.15) is 26.2 Å². The van der Waals surface area contributed by atoms with Crippen LogP contribution in [0.3, 0.4) is 0 Å². The Kier molecular flexibility index (Phi) is 3.53. The van der Waals surface area contributed by atoms with Crippen LogP contribution in [0.15, 0.2) is 0 Å². The average Bonchev–Trinajstić information content (AvgIpc) is 2.05. The Morgan fingerprint density at radius 2 is 2.50 bits per heavy atom. The first kappa shape index (κ1) is 9.52. The van der Waals surface area contributed by atoms with Gasteiger partial charge < -0.3 is 10.4 Å². The molecule has 1 saturated heterocycles. The molecule has 1 heterocycles. The van der Waals surface area contributed by atoms with Crippen molar-refractivity contribution < 1.29 is 9.90 Å². The highest BCUT2D eigenvalue weighted by atomic mass is 16.3. The van der Waals surface area contributed by atoms with E-state index in [-0.39, 0.29) is 12.5 Å². The summed E-state index contributed by atoms with van der Waals surface area (Å²) in [5.74, 6) is 1.11. The molecule has 0 spiro atoms. The lowest BCUT2D eigenvalue weighted by molar-refractivity contribution is -0.124. The molecule has 3 nitrogen and oxygen atoms in total. The normalized spacial score (nSPS) is 26.5. The first-order valence-electron chi connectivity index (χ1n) is 4.61. The Balaban J connectivity index is 2.34. The largest absolute Gasteiger partial charge is 0.396 e. The van der Waals surface area contributed by atoms with Gasteiger partial charge in [0.05, 0.1) is 0 Å². The summed E-state index contributed by atoms with van der Waals surface area (Å²) in [6.07, 6.45) is 2.52. The van der Waals surface area contributed by atoms with Gasteiger partial charge in [-0.1, -0.05) is 6.92 Å². The van der Waals surface area contributed by atoms with Crippen molar-refractivity contribution in [3.63, 3.8) is 0 Å². The number of aliphatic hydroxyl groups is 1. The Labute approximate surface area is 73.2 Å². The van der Waals surface area contributed by atoms with E-state index in [1.165, 1.54) is 0 Å². The van der Waals surface area contributed by atoms with E-state index in [9.17, 15) is 4.79 Å². The van der Waals surface area contributed by atoms with E-state index in [0.717, 1.165) is 19.4 Å². The molecule has 0 saturated carbocycles. The van der Waals surface area contributed by atoms with Gasteiger partial charge in [0.25, 0.3) is 0 Å². The van der Waals surface area contributed by atoms with Gasteiger partial charge >= 0.3 is 0 Å². The molecule has 3 heteroatoms.